The lowest BCUT2D eigenvalue weighted by atomic mass is 10.0. The molecule has 1 saturated heterocycles. The number of ether oxygens (including phenoxy) is 1. The van der Waals surface area contributed by atoms with Gasteiger partial charge in [-0.2, -0.15) is 5.01 Å². The third-order valence-electron chi connectivity index (χ3n) is 4.14. The fraction of sp³-hybridized carbons (Fsp3) is 0.167. The molecule has 0 aromatic heterocycles. The van der Waals surface area contributed by atoms with Crippen molar-refractivity contribution in [2.24, 2.45) is 0 Å². The molecule has 2 heterocycles. The SMILES string of the molecule is O=C1OC[C@@H](c2ccccc2)N2[C@@H](c3ccccc3)C=CN12. The van der Waals surface area contributed by atoms with Crippen LogP contribution in [0.3, 0.4) is 0 Å². The van der Waals surface area contributed by atoms with Crippen molar-refractivity contribution >= 4 is 6.09 Å². The van der Waals surface area contributed by atoms with E-state index in [1.54, 1.807) is 11.2 Å². The quantitative estimate of drug-likeness (QED) is 0.846. The number of cyclic esters (lactones) is 1. The highest BCUT2D eigenvalue weighted by molar-refractivity contribution is 5.70. The summed E-state index contributed by atoms with van der Waals surface area (Å²) < 4.78 is 5.34. The highest BCUT2D eigenvalue weighted by Gasteiger charge is 2.42. The summed E-state index contributed by atoms with van der Waals surface area (Å²) in [6.07, 6.45) is 3.52. The van der Waals surface area contributed by atoms with Gasteiger partial charge in [0.25, 0.3) is 0 Å². The Balaban J connectivity index is 1.74. The van der Waals surface area contributed by atoms with Crippen LogP contribution in [0, 0.1) is 0 Å². The lowest BCUT2D eigenvalue weighted by Crippen LogP contribution is -2.49. The molecule has 0 aliphatic carbocycles. The summed E-state index contributed by atoms with van der Waals surface area (Å²) in [6, 6.07) is 20.4. The molecule has 0 N–H and O–H groups in total. The van der Waals surface area contributed by atoms with Crippen molar-refractivity contribution in [1.29, 1.82) is 0 Å². The minimum atomic E-state index is -0.318. The first-order chi connectivity index (χ1) is 10.8. The van der Waals surface area contributed by atoms with E-state index in [0.29, 0.717) is 6.61 Å². The maximum Gasteiger partial charge on any atom is 0.428 e. The molecule has 0 saturated carbocycles. The summed E-state index contributed by atoms with van der Waals surface area (Å²) in [5.41, 5.74) is 2.31. The third kappa shape index (κ3) is 2.09. The van der Waals surface area contributed by atoms with Crippen LogP contribution >= 0.6 is 0 Å². The summed E-state index contributed by atoms with van der Waals surface area (Å²) in [7, 11) is 0. The van der Waals surface area contributed by atoms with Crippen molar-refractivity contribution in [3.05, 3.63) is 84.1 Å². The van der Waals surface area contributed by atoms with Crippen LogP contribution in [-0.4, -0.2) is 22.7 Å². The summed E-state index contributed by atoms with van der Waals surface area (Å²) in [5, 5.41) is 3.68. The van der Waals surface area contributed by atoms with Gasteiger partial charge in [-0.1, -0.05) is 60.7 Å². The molecule has 1 fully saturated rings. The number of carbonyl (C=O) groups is 1. The van der Waals surface area contributed by atoms with Gasteiger partial charge >= 0.3 is 6.09 Å². The molecule has 0 bridgehead atoms. The number of nitrogens with zero attached hydrogens (tertiary/aromatic N) is 2. The van der Waals surface area contributed by atoms with Gasteiger partial charge in [-0.15, -0.1) is 0 Å². The molecule has 1 amide bonds. The predicted molar refractivity (Wildman–Crippen MR) is 82.5 cm³/mol. The fourth-order valence-corrected chi connectivity index (χ4v) is 3.09. The maximum absolute atomic E-state index is 12.0. The molecule has 0 spiro atoms. The van der Waals surface area contributed by atoms with E-state index in [0.717, 1.165) is 11.1 Å². The second-order valence-corrected chi connectivity index (χ2v) is 5.43. The molecule has 4 nitrogen and oxygen atoms in total. The molecule has 22 heavy (non-hydrogen) atoms. The lowest BCUT2D eigenvalue weighted by Gasteiger charge is -2.41. The zero-order valence-corrected chi connectivity index (χ0v) is 12.0. The molecule has 0 unspecified atom stereocenters. The van der Waals surface area contributed by atoms with Gasteiger partial charge in [0.1, 0.15) is 6.61 Å². The van der Waals surface area contributed by atoms with Crippen LogP contribution < -0.4 is 0 Å². The molecule has 2 aliphatic rings. The Labute approximate surface area is 129 Å². The number of hydrazine groups is 1. The van der Waals surface area contributed by atoms with E-state index in [9.17, 15) is 4.79 Å². The zero-order valence-electron chi connectivity index (χ0n) is 12.0. The van der Waals surface area contributed by atoms with E-state index in [-0.39, 0.29) is 18.2 Å². The summed E-state index contributed by atoms with van der Waals surface area (Å²) in [6.45, 7) is 0.365. The third-order valence-corrected chi connectivity index (χ3v) is 4.14. The van der Waals surface area contributed by atoms with Crippen molar-refractivity contribution in [3.63, 3.8) is 0 Å². The van der Waals surface area contributed by atoms with Gasteiger partial charge in [0.05, 0.1) is 12.1 Å². The Bertz CT molecular complexity index is 700. The van der Waals surface area contributed by atoms with Gasteiger partial charge in [0.15, 0.2) is 0 Å². The molecule has 4 heteroatoms. The van der Waals surface area contributed by atoms with Gasteiger partial charge in [0.2, 0.25) is 0 Å². The molecular formula is C18H16N2O2. The van der Waals surface area contributed by atoms with Crippen molar-refractivity contribution in [2.75, 3.05) is 6.61 Å². The van der Waals surface area contributed by atoms with E-state index >= 15 is 0 Å². The minimum Gasteiger partial charge on any atom is -0.446 e. The topological polar surface area (TPSA) is 32.8 Å². The van der Waals surface area contributed by atoms with Crippen molar-refractivity contribution in [1.82, 2.24) is 10.0 Å². The molecule has 2 aromatic rings. The number of hydrogen-bond acceptors (Lipinski definition) is 3. The van der Waals surface area contributed by atoms with E-state index in [4.69, 9.17) is 4.74 Å². The van der Waals surface area contributed by atoms with Crippen LogP contribution in [0.5, 0.6) is 0 Å². The average Bonchev–Trinajstić information content (AvgIpc) is 3.03. The number of amides is 1. The number of fused-ring (bicyclic) bond motifs is 1. The second-order valence-electron chi connectivity index (χ2n) is 5.43. The number of rotatable bonds is 2. The first kappa shape index (κ1) is 13.1. The molecule has 2 atom stereocenters. The molecule has 2 aromatic carbocycles. The fourth-order valence-electron chi connectivity index (χ4n) is 3.09. The number of hydrogen-bond donors (Lipinski definition) is 0. The van der Waals surface area contributed by atoms with Gasteiger partial charge in [-0.3, -0.25) is 0 Å². The van der Waals surface area contributed by atoms with Gasteiger partial charge in [-0.25, -0.2) is 9.80 Å². The Kier molecular flexibility index (Phi) is 3.16. The molecule has 110 valence electrons. The van der Waals surface area contributed by atoms with E-state index in [2.05, 4.69) is 29.3 Å². The Hall–Kier alpha value is -2.59. The molecule has 2 aliphatic heterocycles. The average molecular weight is 292 g/mol. The molecule has 0 radical (unpaired) electrons. The highest BCUT2D eigenvalue weighted by atomic mass is 16.6. The minimum absolute atomic E-state index is 0.0131. The standard InChI is InChI=1S/C18H16N2O2/c21-18-19-12-11-16(14-7-3-1-4-8-14)20(19)17(13-22-18)15-9-5-2-6-10-15/h1-12,16-17H,13H2/t16-,17+/m1/s1. The molecular weight excluding hydrogens is 276 g/mol. The van der Waals surface area contributed by atoms with E-state index in [1.165, 1.54) is 0 Å². The van der Waals surface area contributed by atoms with Gasteiger partial charge in [-0.05, 0) is 17.2 Å². The predicted octanol–water partition coefficient (Wildman–Crippen LogP) is 3.67. The van der Waals surface area contributed by atoms with E-state index < -0.39 is 0 Å². The van der Waals surface area contributed by atoms with Crippen molar-refractivity contribution < 1.29 is 9.53 Å². The van der Waals surface area contributed by atoms with Crippen LogP contribution in [0.25, 0.3) is 0 Å². The Morgan fingerprint density at radius 1 is 0.909 bits per heavy atom. The van der Waals surface area contributed by atoms with Crippen molar-refractivity contribution in [3.8, 4) is 0 Å². The van der Waals surface area contributed by atoms with Crippen molar-refractivity contribution in [2.45, 2.75) is 12.1 Å². The Morgan fingerprint density at radius 3 is 2.23 bits per heavy atom. The maximum atomic E-state index is 12.0. The van der Waals surface area contributed by atoms with Gasteiger partial charge in [0, 0.05) is 6.20 Å². The van der Waals surface area contributed by atoms with Crippen LogP contribution in [-0.2, 0) is 4.74 Å². The number of benzene rings is 2. The van der Waals surface area contributed by atoms with Crippen LogP contribution in [0.1, 0.15) is 23.2 Å². The monoisotopic (exact) mass is 292 g/mol. The smallest absolute Gasteiger partial charge is 0.428 e. The Morgan fingerprint density at radius 2 is 1.55 bits per heavy atom. The normalized spacial score (nSPS) is 24.2. The summed E-state index contributed by atoms with van der Waals surface area (Å²) in [5.74, 6) is 0. The largest absolute Gasteiger partial charge is 0.446 e. The van der Waals surface area contributed by atoms with E-state index in [1.807, 2.05) is 42.5 Å². The van der Waals surface area contributed by atoms with Crippen LogP contribution in [0.2, 0.25) is 0 Å². The summed E-state index contributed by atoms with van der Waals surface area (Å²) >= 11 is 0. The first-order valence-corrected chi connectivity index (χ1v) is 7.37. The van der Waals surface area contributed by atoms with Crippen LogP contribution in [0.15, 0.2) is 72.9 Å². The highest BCUT2D eigenvalue weighted by Crippen LogP contribution is 2.40. The van der Waals surface area contributed by atoms with Gasteiger partial charge < -0.3 is 4.74 Å². The first-order valence-electron chi connectivity index (χ1n) is 7.37. The zero-order chi connectivity index (χ0) is 14.9. The molecule has 4 rings (SSSR count). The lowest BCUT2D eigenvalue weighted by molar-refractivity contribution is -0.0857. The number of carbonyl (C=O) groups excluding carboxylic acids is 1. The second kappa shape index (κ2) is 5.31. The van der Waals surface area contributed by atoms with Crippen LogP contribution in [0.4, 0.5) is 4.79 Å². The summed E-state index contributed by atoms with van der Waals surface area (Å²) in [4.78, 5) is 12.0.